The van der Waals surface area contributed by atoms with Gasteiger partial charge >= 0.3 is 6.03 Å². The Bertz CT molecular complexity index is 953. The lowest BCUT2D eigenvalue weighted by Crippen LogP contribution is -2.33. The number of aromatic nitrogens is 2. The van der Waals surface area contributed by atoms with Gasteiger partial charge in [-0.05, 0) is 31.2 Å². The zero-order chi connectivity index (χ0) is 15.1. The summed E-state index contributed by atoms with van der Waals surface area (Å²) in [5, 5.41) is 4.50. The number of rotatable bonds is 1. The first-order chi connectivity index (χ1) is 10.8. The molecular formula is C16H12N4OS. The van der Waals surface area contributed by atoms with Crippen LogP contribution in [0.25, 0.3) is 21.1 Å². The fourth-order valence-corrected chi connectivity index (χ4v) is 3.67. The highest BCUT2D eigenvalue weighted by Crippen LogP contribution is 2.34. The van der Waals surface area contributed by atoms with Crippen LogP contribution in [0.5, 0.6) is 0 Å². The Morgan fingerprint density at radius 3 is 3.18 bits per heavy atom. The minimum absolute atomic E-state index is 0.144. The van der Waals surface area contributed by atoms with Crippen molar-refractivity contribution in [3.63, 3.8) is 0 Å². The van der Waals surface area contributed by atoms with Crippen LogP contribution in [0.1, 0.15) is 6.92 Å². The van der Waals surface area contributed by atoms with E-state index >= 15 is 0 Å². The maximum Gasteiger partial charge on any atom is 0.324 e. The summed E-state index contributed by atoms with van der Waals surface area (Å²) in [5.41, 5.74) is 1.79. The van der Waals surface area contributed by atoms with Gasteiger partial charge in [-0.15, -0.1) is 5.92 Å². The molecule has 1 saturated heterocycles. The van der Waals surface area contributed by atoms with Gasteiger partial charge in [-0.3, -0.25) is 9.88 Å². The molecule has 2 aromatic heterocycles. The molecule has 108 valence electrons. The number of anilines is 1. The lowest BCUT2D eigenvalue weighted by Gasteiger charge is -2.14. The van der Waals surface area contributed by atoms with Crippen LogP contribution >= 0.6 is 11.3 Å². The molecular weight excluding hydrogens is 296 g/mol. The monoisotopic (exact) mass is 308 g/mol. The first-order valence-electron chi connectivity index (χ1n) is 6.91. The second-order valence-corrected chi connectivity index (χ2v) is 5.95. The molecule has 0 radical (unpaired) electrons. The van der Waals surface area contributed by atoms with Crippen LogP contribution < -0.4 is 10.2 Å². The average molecular weight is 308 g/mol. The fourth-order valence-electron chi connectivity index (χ4n) is 2.64. The van der Waals surface area contributed by atoms with Crippen LogP contribution in [0, 0.1) is 11.8 Å². The zero-order valence-electron chi connectivity index (χ0n) is 11.8. The van der Waals surface area contributed by atoms with Gasteiger partial charge in [0, 0.05) is 11.6 Å². The summed E-state index contributed by atoms with van der Waals surface area (Å²) in [4.78, 5) is 22.8. The van der Waals surface area contributed by atoms with Crippen molar-refractivity contribution in [2.45, 2.75) is 13.0 Å². The van der Waals surface area contributed by atoms with Gasteiger partial charge in [0.1, 0.15) is 6.04 Å². The van der Waals surface area contributed by atoms with E-state index in [-0.39, 0.29) is 12.1 Å². The number of fused-ring (bicyclic) bond motifs is 3. The molecule has 22 heavy (non-hydrogen) atoms. The molecule has 3 heterocycles. The van der Waals surface area contributed by atoms with Gasteiger partial charge in [-0.25, -0.2) is 9.78 Å². The average Bonchev–Trinajstić information content (AvgIpc) is 3.11. The molecule has 4 rings (SSSR count). The lowest BCUT2D eigenvalue weighted by atomic mass is 10.2. The van der Waals surface area contributed by atoms with Gasteiger partial charge < -0.3 is 5.32 Å². The van der Waals surface area contributed by atoms with Crippen LogP contribution in [0.4, 0.5) is 9.93 Å². The number of carbonyl (C=O) groups excluding carboxylic acids is 1. The number of amides is 2. The van der Waals surface area contributed by atoms with Gasteiger partial charge in [0.2, 0.25) is 0 Å². The Morgan fingerprint density at radius 1 is 1.41 bits per heavy atom. The van der Waals surface area contributed by atoms with Crippen molar-refractivity contribution in [3.8, 4) is 11.8 Å². The molecule has 1 aliphatic heterocycles. The Kier molecular flexibility index (Phi) is 2.94. The molecule has 1 aromatic carbocycles. The van der Waals surface area contributed by atoms with Gasteiger partial charge in [-0.2, -0.15) is 0 Å². The number of nitrogens with zero attached hydrogens (tertiary/aromatic N) is 3. The molecule has 0 saturated carbocycles. The van der Waals surface area contributed by atoms with E-state index in [4.69, 9.17) is 0 Å². The number of benzene rings is 1. The van der Waals surface area contributed by atoms with Crippen molar-refractivity contribution >= 4 is 43.6 Å². The third kappa shape index (κ3) is 1.90. The number of nitrogens with one attached hydrogen (secondary N) is 1. The van der Waals surface area contributed by atoms with E-state index in [1.54, 1.807) is 18.0 Å². The van der Waals surface area contributed by atoms with Crippen LogP contribution in [0.15, 0.2) is 30.5 Å². The predicted octanol–water partition coefficient (Wildman–Crippen LogP) is 2.77. The highest BCUT2D eigenvalue weighted by atomic mass is 32.1. The Labute approximate surface area is 131 Å². The summed E-state index contributed by atoms with van der Waals surface area (Å²) >= 11 is 1.50. The molecule has 1 N–H and O–H groups in total. The van der Waals surface area contributed by atoms with Gasteiger partial charge in [0.25, 0.3) is 0 Å². The van der Waals surface area contributed by atoms with Crippen LogP contribution in [-0.2, 0) is 0 Å². The van der Waals surface area contributed by atoms with Crippen LogP contribution in [-0.4, -0.2) is 28.6 Å². The highest BCUT2D eigenvalue weighted by Gasteiger charge is 2.33. The second-order valence-electron chi connectivity index (χ2n) is 4.95. The van der Waals surface area contributed by atoms with E-state index in [1.165, 1.54) is 11.3 Å². The van der Waals surface area contributed by atoms with Crippen molar-refractivity contribution in [3.05, 3.63) is 30.5 Å². The fraction of sp³-hybridized carbons (Fsp3) is 0.188. The first-order valence-corrected chi connectivity index (χ1v) is 7.73. The minimum atomic E-state index is -0.164. The molecule has 2 amide bonds. The lowest BCUT2D eigenvalue weighted by molar-refractivity contribution is 0.252. The third-order valence-corrected chi connectivity index (χ3v) is 4.64. The summed E-state index contributed by atoms with van der Waals surface area (Å²) in [7, 11) is 0. The van der Waals surface area contributed by atoms with E-state index in [9.17, 15) is 4.79 Å². The zero-order valence-corrected chi connectivity index (χ0v) is 12.6. The summed E-state index contributed by atoms with van der Waals surface area (Å²) in [6.45, 7) is 2.30. The number of urea groups is 1. The van der Waals surface area contributed by atoms with E-state index < -0.39 is 0 Å². The molecule has 5 nitrogen and oxygen atoms in total. The maximum absolute atomic E-state index is 12.1. The molecule has 6 heteroatoms. The summed E-state index contributed by atoms with van der Waals surface area (Å²) in [6, 6.07) is 7.57. The van der Waals surface area contributed by atoms with Gasteiger partial charge in [0.05, 0.1) is 22.3 Å². The van der Waals surface area contributed by atoms with Gasteiger partial charge in [-0.1, -0.05) is 17.3 Å². The minimum Gasteiger partial charge on any atom is -0.334 e. The molecule has 1 fully saturated rings. The van der Waals surface area contributed by atoms with E-state index in [2.05, 4.69) is 27.1 Å². The van der Waals surface area contributed by atoms with Crippen LogP contribution in [0.2, 0.25) is 0 Å². The normalized spacial score (nSPS) is 17.6. The molecule has 1 atom stereocenters. The quantitative estimate of drug-likeness (QED) is 0.703. The topological polar surface area (TPSA) is 58.1 Å². The summed E-state index contributed by atoms with van der Waals surface area (Å²) < 4.78 is 1.04. The number of hydrogen-bond donors (Lipinski definition) is 1. The van der Waals surface area contributed by atoms with Crippen molar-refractivity contribution in [2.24, 2.45) is 0 Å². The van der Waals surface area contributed by atoms with E-state index in [0.717, 1.165) is 21.1 Å². The summed E-state index contributed by atoms with van der Waals surface area (Å²) in [6.07, 6.45) is 1.77. The Balaban J connectivity index is 1.90. The second kappa shape index (κ2) is 4.97. The van der Waals surface area contributed by atoms with E-state index in [1.807, 2.05) is 24.3 Å². The Morgan fingerprint density at radius 2 is 2.32 bits per heavy atom. The molecule has 0 spiro atoms. The third-order valence-electron chi connectivity index (χ3n) is 3.62. The highest BCUT2D eigenvalue weighted by molar-refractivity contribution is 7.22. The standard InChI is InChI=1S/C16H12N4OS/c1-2-4-10-9-18-15(21)20(10)16-19-14-11-5-3-8-17-12(11)6-7-13(14)22-16/h3,5-8,10H,9H2,1H3,(H,18,21)/t10-/m1/s1. The van der Waals surface area contributed by atoms with Crippen molar-refractivity contribution in [2.75, 3.05) is 11.4 Å². The van der Waals surface area contributed by atoms with Crippen molar-refractivity contribution in [1.29, 1.82) is 0 Å². The summed E-state index contributed by atoms with van der Waals surface area (Å²) in [5.74, 6) is 5.93. The van der Waals surface area contributed by atoms with Crippen molar-refractivity contribution in [1.82, 2.24) is 15.3 Å². The number of pyridine rings is 1. The predicted molar refractivity (Wildman–Crippen MR) is 88.0 cm³/mol. The number of hydrogen-bond acceptors (Lipinski definition) is 4. The molecule has 1 aliphatic rings. The first kappa shape index (κ1) is 13.0. The van der Waals surface area contributed by atoms with E-state index in [0.29, 0.717) is 11.7 Å². The molecule has 0 bridgehead atoms. The number of carbonyl (C=O) groups is 1. The van der Waals surface area contributed by atoms with Gasteiger partial charge in [0.15, 0.2) is 5.13 Å². The molecule has 3 aromatic rings. The van der Waals surface area contributed by atoms with Crippen molar-refractivity contribution < 1.29 is 4.79 Å². The largest absolute Gasteiger partial charge is 0.334 e. The SMILES string of the molecule is CC#C[C@@H]1CNC(=O)N1c1nc2c(ccc3ncccc32)s1. The smallest absolute Gasteiger partial charge is 0.324 e. The van der Waals surface area contributed by atoms with Crippen LogP contribution in [0.3, 0.4) is 0 Å². The Hall–Kier alpha value is -2.65. The molecule has 0 aliphatic carbocycles. The maximum atomic E-state index is 12.1. The number of thiazole rings is 1. The molecule has 0 unspecified atom stereocenters.